The normalized spacial score (nSPS) is 12.1. The van der Waals surface area contributed by atoms with Crippen LogP contribution >= 0.6 is 0 Å². The summed E-state index contributed by atoms with van der Waals surface area (Å²) in [5.41, 5.74) is 1.18. The third-order valence-corrected chi connectivity index (χ3v) is 2.67. The average molecular weight is 250 g/mol. The van der Waals surface area contributed by atoms with Crippen LogP contribution in [0.1, 0.15) is 18.9 Å². The third kappa shape index (κ3) is 5.80. The van der Waals surface area contributed by atoms with E-state index in [2.05, 4.69) is 10.6 Å². The van der Waals surface area contributed by atoms with Crippen molar-refractivity contribution in [2.75, 3.05) is 20.3 Å². The van der Waals surface area contributed by atoms with Gasteiger partial charge in [-0.2, -0.15) is 0 Å². The molecule has 0 aliphatic heterocycles. The van der Waals surface area contributed by atoms with Gasteiger partial charge in [-0.05, 0) is 18.9 Å². The molecule has 0 aromatic heterocycles. The lowest BCUT2D eigenvalue weighted by atomic mass is 10.2. The number of benzene rings is 1. The lowest BCUT2D eigenvalue weighted by molar-refractivity contribution is -0.122. The number of amides is 1. The maximum Gasteiger partial charge on any atom is 0.236 e. The van der Waals surface area contributed by atoms with Gasteiger partial charge in [0.25, 0.3) is 0 Å². The van der Waals surface area contributed by atoms with Crippen molar-refractivity contribution in [2.24, 2.45) is 0 Å². The first kappa shape index (κ1) is 14.7. The number of rotatable bonds is 8. The van der Waals surface area contributed by atoms with Crippen LogP contribution in [0.25, 0.3) is 0 Å². The van der Waals surface area contributed by atoms with Crippen LogP contribution in [0.15, 0.2) is 30.3 Å². The van der Waals surface area contributed by atoms with Crippen LogP contribution in [0.5, 0.6) is 0 Å². The molecule has 0 aliphatic rings. The van der Waals surface area contributed by atoms with E-state index in [4.69, 9.17) is 4.74 Å². The van der Waals surface area contributed by atoms with Gasteiger partial charge in [0.15, 0.2) is 0 Å². The fourth-order valence-corrected chi connectivity index (χ4v) is 1.54. The molecule has 0 bridgehead atoms. The molecule has 1 unspecified atom stereocenters. The molecule has 0 saturated carbocycles. The lowest BCUT2D eigenvalue weighted by Gasteiger charge is -2.14. The summed E-state index contributed by atoms with van der Waals surface area (Å²) < 4.78 is 4.92. The van der Waals surface area contributed by atoms with Crippen molar-refractivity contribution in [2.45, 2.75) is 25.9 Å². The molecule has 0 radical (unpaired) electrons. The van der Waals surface area contributed by atoms with Crippen molar-refractivity contribution in [1.29, 1.82) is 0 Å². The average Bonchev–Trinajstić information content (AvgIpc) is 2.42. The molecule has 1 rings (SSSR count). The molecular formula is C14H22N2O2. The molecule has 4 heteroatoms. The molecule has 1 aromatic carbocycles. The molecule has 0 aliphatic carbocycles. The molecule has 4 nitrogen and oxygen atoms in total. The monoisotopic (exact) mass is 250 g/mol. The summed E-state index contributed by atoms with van der Waals surface area (Å²) in [6.07, 6.45) is 0.841. The van der Waals surface area contributed by atoms with E-state index >= 15 is 0 Å². The smallest absolute Gasteiger partial charge is 0.236 e. The van der Waals surface area contributed by atoms with Crippen molar-refractivity contribution in [1.82, 2.24) is 10.6 Å². The Labute approximate surface area is 109 Å². The van der Waals surface area contributed by atoms with E-state index < -0.39 is 0 Å². The van der Waals surface area contributed by atoms with Gasteiger partial charge in [0, 0.05) is 26.8 Å². The third-order valence-electron chi connectivity index (χ3n) is 2.67. The molecule has 2 N–H and O–H groups in total. The molecule has 18 heavy (non-hydrogen) atoms. The Balaban J connectivity index is 2.19. The van der Waals surface area contributed by atoms with Crippen LogP contribution in [-0.2, 0) is 16.1 Å². The Kier molecular flexibility index (Phi) is 7.06. The summed E-state index contributed by atoms with van der Waals surface area (Å²) in [6.45, 7) is 3.90. The second kappa shape index (κ2) is 8.66. The van der Waals surface area contributed by atoms with E-state index in [-0.39, 0.29) is 11.9 Å². The van der Waals surface area contributed by atoms with Gasteiger partial charge in [-0.1, -0.05) is 30.3 Å². The van der Waals surface area contributed by atoms with Gasteiger partial charge in [0.05, 0.1) is 6.04 Å². The second-order valence-electron chi connectivity index (χ2n) is 4.23. The lowest BCUT2D eigenvalue weighted by Crippen LogP contribution is -2.42. The van der Waals surface area contributed by atoms with E-state index in [0.29, 0.717) is 19.7 Å². The number of hydrogen-bond acceptors (Lipinski definition) is 3. The van der Waals surface area contributed by atoms with Crippen LogP contribution < -0.4 is 10.6 Å². The van der Waals surface area contributed by atoms with Gasteiger partial charge in [0.2, 0.25) is 5.91 Å². The zero-order valence-corrected chi connectivity index (χ0v) is 11.1. The Hall–Kier alpha value is -1.39. The molecule has 1 amide bonds. The molecular weight excluding hydrogens is 228 g/mol. The predicted molar refractivity (Wildman–Crippen MR) is 72.2 cm³/mol. The van der Waals surface area contributed by atoms with E-state index in [0.717, 1.165) is 6.42 Å². The highest BCUT2D eigenvalue weighted by Crippen LogP contribution is 1.98. The summed E-state index contributed by atoms with van der Waals surface area (Å²) >= 11 is 0. The van der Waals surface area contributed by atoms with E-state index in [1.54, 1.807) is 7.11 Å². The Bertz CT molecular complexity index is 341. The van der Waals surface area contributed by atoms with Crippen LogP contribution in [0.3, 0.4) is 0 Å². The minimum absolute atomic E-state index is 0.0297. The van der Waals surface area contributed by atoms with E-state index in [9.17, 15) is 4.79 Å². The Morgan fingerprint density at radius 3 is 2.72 bits per heavy atom. The summed E-state index contributed by atoms with van der Waals surface area (Å²) in [7, 11) is 1.66. The SMILES string of the molecule is COCCCNC(=O)C(C)NCc1ccccc1. The van der Waals surface area contributed by atoms with Gasteiger partial charge >= 0.3 is 0 Å². The zero-order chi connectivity index (χ0) is 13.2. The van der Waals surface area contributed by atoms with Crippen LogP contribution in [0.2, 0.25) is 0 Å². The van der Waals surface area contributed by atoms with Crippen molar-refractivity contribution in [3.63, 3.8) is 0 Å². The molecule has 0 spiro atoms. The summed E-state index contributed by atoms with van der Waals surface area (Å²) in [5.74, 6) is 0.0297. The first-order chi connectivity index (χ1) is 8.74. The minimum atomic E-state index is -0.187. The van der Waals surface area contributed by atoms with Gasteiger partial charge < -0.3 is 15.4 Å². The quantitative estimate of drug-likeness (QED) is 0.684. The molecule has 100 valence electrons. The van der Waals surface area contributed by atoms with E-state index in [1.807, 2.05) is 37.3 Å². The number of hydrogen-bond donors (Lipinski definition) is 2. The van der Waals surface area contributed by atoms with Gasteiger partial charge in [-0.3, -0.25) is 4.79 Å². The highest BCUT2D eigenvalue weighted by atomic mass is 16.5. The summed E-state index contributed by atoms with van der Waals surface area (Å²) in [5, 5.41) is 6.07. The fourth-order valence-electron chi connectivity index (χ4n) is 1.54. The topological polar surface area (TPSA) is 50.4 Å². The number of nitrogens with one attached hydrogen (secondary N) is 2. The number of carbonyl (C=O) groups excluding carboxylic acids is 1. The van der Waals surface area contributed by atoms with Crippen LogP contribution in [-0.4, -0.2) is 32.2 Å². The highest BCUT2D eigenvalue weighted by Gasteiger charge is 2.10. The maximum absolute atomic E-state index is 11.7. The largest absolute Gasteiger partial charge is 0.385 e. The number of ether oxygens (including phenoxy) is 1. The van der Waals surface area contributed by atoms with Gasteiger partial charge in [-0.15, -0.1) is 0 Å². The Morgan fingerprint density at radius 2 is 2.06 bits per heavy atom. The first-order valence-electron chi connectivity index (χ1n) is 6.28. The number of carbonyl (C=O) groups is 1. The van der Waals surface area contributed by atoms with Crippen LogP contribution in [0, 0.1) is 0 Å². The highest BCUT2D eigenvalue weighted by molar-refractivity contribution is 5.81. The fraction of sp³-hybridized carbons (Fsp3) is 0.500. The minimum Gasteiger partial charge on any atom is -0.385 e. The molecule has 1 atom stereocenters. The molecule has 0 heterocycles. The second-order valence-corrected chi connectivity index (χ2v) is 4.23. The summed E-state index contributed by atoms with van der Waals surface area (Å²) in [4.78, 5) is 11.7. The van der Waals surface area contributed by atoms with Crippen molar-refractivity contribution >= 4 is 5.91 Å². The molecule has 1 aromatic rings. The van der Waals surface area contributed by atoms with Crippen molar-refractivity contribution in [3.8, 4) is 0 Å². The molecule has 0 fully saturated rings. The van der Waals surface area contributed by atoms with Crippen LogP contribution in [0.4, 0.5) is 0 Å². The molecule has 0 saturated heterocycles. The first-order valence-corrected chi connectivity index (χ1v) is 6.28. The maximum atomic E-state index is 11.7. The summed E-state index contributed by atoms with van der Waals surface area (Å²) in [6, 6.07) is 9.86. The van der Waals surface area contributed by atoms with E-state index in [1.165, 1.54) is 5.56 Å². The zero-order valence-electron chi connectivity index (χ0n) is 11.1. The standard InChI is InChI=1S/C14H22N2O2/c1-12(14(17)15-9-6-10-18-2)16-11-13-7-4-3-5-8-13/h3-5,7-8,12,16H,6,9-11H2,1-2H3,(H,15,17). The van der Waals surface area contributed by atoms with Crippen molar-refractivity contribution < 1.29 is 9.53 Å². The van der Waals surface area contributed by atoms with Gasteiger partial charge in [-0.25, -0.2) is 0 Å². The van der Waals surface area contributed by atoms with Crippen molar-refractivity contribution in [3.05, 3.63) is 35.9 Å². The predicted octanol–water partition coefficient (Wildman–Crippen LogP) is 1.32. The Morgan fingerprint density at radius 1 is 1.33 bits per heavy atom. The van der Waals surface area contributed by atoms with Gasteiger partial charge in [0.1, 0.15) is 0 Å². The number of methoxy groups -OCH3 is 1.